The monoisotopic (exact) mass is 903 g/mol. The van der Waals surface area contributed by atoms with Gasteiger partial charge >= 0.3 is 22.4 Å². The normalized spacial score (nSPS) is 10.1. The quantitative estimate of drug-likeness (QED) is 0.0354. The zero-order valence-electron chi connectivity index (χ0n) is 28.1. The summed E-state index contributed by atoms with van der Waals surface area (Å²) >= 11 is 6.01. The molecule has 1 heterocycles. The van der Waals surface area contributed by atoms with Crippen LogP contribution in [0.25, 0.3) is 10.9 Å². The van der Waals surface area contributed by atoms with Gasteiger partial charge in [-0.1, -0.05) is 110 Å². The van der Waals surface area contributed by atoms with Crippen LogP contribution in [0.5, 0.6) is 0 Å². The van der Waals surface area contributed by atoms with Gasteiger partial charge in [0, 0.05) is 28.3 Å². The van der Waals surface area contributed by atoms with Gasteiger partial charge in [0.25, 0.3) is 0 Å². The zero-order chi connectivity index (χ0) is 36.4. The third-order valence-electron chi connectivity index (χ3n) is 6.39. The van der Waals surface area contributed by atoms with Crippen molar-refractivity contribution in [2.24, 2.45) is 0 Å². The predicted octanol–water partition coefficient (Wildman–Crippen LogP) is 7.88. The molecule has 11 nitrogen and oxygen atoms in total. The van der Waals surface area contributed by atoms with E-state index in [-0.39, 0.29) is 22.4 Å². The minimum Gasteiger partial charge on any atom is -0.382 e. The molecule has 5 aromatic rings. The number of halogens is 1. The Hall–Kier alpha value is -4.09. The second-order valence-corrected chi connectivity index (χ2v) is 12.5. The first kappa shape index (κ1) is 45.9. The molecule has 50 heavy (non-hydrogen) atoms. The first-order valence-electron chi connectivity index (χ1n) is 15.4. The molecule has 4 aromatic carbocycles. The van der Waals surface area contributed by atoms with Crippen LogP contribution in [0.1, 0.15) is 33.6 Å². The maximum Gasteiger partial charge on any atom is 1.00 e. The van der Waals surface area contributed by atoms with Crippen LogP contribution in [0.2, 0.25) is 5.02 Å². The molecule has 0 saturated carbocycles. The minimum absolute atomic E-state index is 0. The molecule has 0 aliphatic carbocycles. The van der Waals surface area contributed by atoms with Crippen LogP contribution in [0, 0.1) is 37.6 Å². The van der Waals surface area contributed by atoms with Crippen molar-refractivity contribution in [3.63, 3.8) is 0 Å². The Labute approximate surface area is 315 Å². The standard InChI is InChI=1S/C18H15P.C16H22ClN3.C2H5.Au.2NO3/c1-4-10-16(11-5-1)19(17-12-6-2-7-13-17)18-14-8-3-9-15-18;1-3-18-9-4-5-12(2)20-15-8-10-19-16-11-13(17)6-7-14(15)16;1-2;;2*2-1(3)4/h1-15H;6-8,10-12,18H,3-5,9H2,1-2H3,(H,19,20);1H2,2H3;;;/q;;-1;+1;2*-1/t;12-;;;;/m.0..../s1. The molecular weight excluding hydrogens is 862 g/mol. The molecule has 0 unspecified atom stereocenters. The summed E-state index contributed by atoms with van der Waals surface area (Å²) in [5.41, 5.74) is 2.06. The fraction of sp³-hybridized carbons (Fsp3) is 0.222. The number of rotatable bonds is 10. The van der Waals surface area contributed by atoms with Crippen molar-refractivity contribution in [1.82, 2.24) is 10.3 Å². The van der Waals surface area contributed by atoms with E-state index in [1.807, 2.05) is 30.5 Å². The summed E-state index contributed by atoms with van der Waals surface area (Å²) < 4.78 is 0. The van der Waals surface area contributed by atoms with Crippen molar-refractivity contribution in [2.75, 3.05) is 18.4 Å². The average molecular weight is 904 g/mol. The van der Waals surface area contributed by atoms with Crippen LogP contribution >= 0.6 is 19.5 Å². The second-order valence-electron chi connectivity index (χ2n) is 9.85. The summed E-state index contributed by atoms with van der Waals surface area (Å²) in [5.74, 6) is 0. The first-order valence-corrected chi connectivity index (χ1v) is 17.1. The molecule has 0 saturated heterocycles. The fourth-order valence-corrected chi connectivity index (χ4v) is 6.94. The first-order chi connectivity index (χ1) is 23.6. The average Bonchev–Trinajstić information content (AvgIpc) is 3.09. The van der Waals surface area contributed by atoms with Crippen LogP contribution in [-0.2, 0) is 22.4 Å². The SMILES string of the molecule is CCNCCC[C@H](C)Nc1ccnc2cc(Cl)ccc12.O=[N+]([O-])[O-].O=[N+]([O-])[O-].[Au+].[CH2-]C.c1ccc(P(c2ccccc2)c2ccccc2)cc1. The van der Waals surface area contributed by atoms with Gasteiger partial charge in [-0.05, 0) is 81.0 Å². The molecule has 272 valence electrons. The van der Waals surface area contributed by atoms with Crippen molar-refractivity contribution in [3.8, 4) is 0 Å². The van der Waals surface area contributed by atoms with Gasteiger partial charge in [0.1, 0.15) is 0 Å². The largest absolute Gasteiger partial charge is 1.00 e. The summed E-state index contributed by atoms with van der Waals surface area (Å²) in [4.78, 5) is 20.9. The molecule has 1 aromatic heterocycles. The van der Waals surface area contributed by atoms with Gasteiger partial charge in [-0.15, -0.1) is 0 Å². The van der Waals surface area contributed by atoms with E-state index in [1.54, 1.807) is 6.92 Å². The van der Waals surface area contributed by atoms with Gasteiger partial charge in [0.15, 0.2) is 0 Å². The maximum atomic E-state index is 8.25. The molecule has 0 radical (unpaired) electrons. The molecule has 0 bridgehead atoms. The maximum absolute atomic E-state index is 8.25. The molecule has 14 heteroatoms. The topological polar surface area (TPSA) is 169 Å². The predicted molar refractivity (Wildman–Crippen MR) is 205 cm³/mol. The van der Waals surface area contributed by atoms with Gasteiger partial charge in [-0.25, -0.2) is 0 Å². The van der Waals surface area contributed by atoms with E-state index in [9.17, 15) is 0 Å². The Kier molecular flexibility index (Phi) is 25.4. The summed E-state index contributed by atoms with van der Waals surface area (Å²) in [5, 5.41) is 42.5. The number of pyridine rings is 1. The van der Waals surface area contributed by atoms with E-state index in [4.69, 9.17) is 42.2 Å². The van der Waals surface area contributed by atoms with Crippen LogP contribution in [0.15, 0.2) is 121 Å². The molecule has 0 aliphatic heterocycles. The zero-order valence-corrected chi connectivity index (χ0v) is 31.9. The van der Waals surface area contributed by atoms with E-state index in [2.05, 4.69) is 127 Å². The van der Waals surface area contributed by atoms with Crippen LogP contribution in [-0.4, -0.2) is 34.3 Å². The third-order valence-corrected chi connectivity index (χ3v) is 9.07. The molecule has 5 rings (SSSR count). The Balaban J connectivity index is 0.000000749. The van der Waals surface area contributed by atoms with Crippen molar-refractivity contribution in [3.05, 3.63) is 164 Å². The van der Waals surface area contributed by atoms with Crippen molar-refractivity contribution in [1.29, 1.82) is 0 Å². The molecule has 2 N–H and O–H groups in total. The minimum atomic E-state index is -1.75. The van der Waals surface area contributed by atoms with Crippen molar-refractivity contribution in [2.45, 2.75) is 39.7 Å². The Morgan fingerprint density at radius 2 is 1.22 bits per heavy atom. The molecule has 1 atom stereocenters. The van der Waals surface area contributed by atoms with E-state index in [0.717, 1.165) is 41.1 Å². The van der Waals surface area contributed by atoms with Gasteiger partial charge in [-0.2, -0.15) is 6.92 Å². The van der Waals surface area contributed by atoms with Crippen LogP contribution in [0.4, 0.5) is 5.69 Å². The van der Waals surface area contributed by atoms with Crippen molar-refractivity contribution >= 4 is 52.0 Å². The molecular formula is C36H42AuClN5O6P-2. The fourth-order valence-electron chi connectivity index (χ4n) is 4.47. The van der Waals surface area contributed by atoms with Crippen LogP contribution < -0.4 is 26.5 Å². The number of aromatic nitrogens is 1. The van der Waals surface area contributed by atoms with Crippen LogP contribution in [0.3, 0.4) is 0 Å². The molecule has 0 aliphatic rings. The van der Waals surface area contributed by atoms with Gasteiger partial charge < -0.3 is 48.2 Å². The second kappa shape index (κ2) is 27.7. The number of anilines is 1. The van der Waals surface area contributed by atoms with E-state index < -0.39 is 18.1 Å². The Morgan fingerprint density at radius 1 is 0.780 bits per heavy atom. The van der Waals surface area contributed by atoms with Crippen molar-refractivity contribution < 1.29 is 32.6 Å². The summed E-state index contributed by atoms with van der Waals surface area (Å²) in [6.07, 6.45) is 4.15. The Morgan fingerprint density at radius 3 is 1.64 bits per heavy atom. The van der Waals surface area contributed by atoms with E-state index >= 15 is 0 Å². The molecule has 0 spiro atoms. The third kappa shape index (κ3) is 19.2. The number of nitrogens with one attached hydrogen (secondary N) is 2. The van der Waals surface area contributed by atoms with Gasteiger partial charge in [0.05, 0.1) is 15.7 Å². The number of fused-ring (bicyclic) bond motifs is 1. The van der Waals surface area contributed by atoms with Gasteiger partial charge in [-0.3, -0.25) is 4.98 Å². The number of hydrogen-bond acceptors (Lipinski definition) is 9. The van der Waals surface area contributed by atoms with E-state index in [0.29, 0.717) is 6.04 Å². The summed E-state index contributed by atoms with van der Waals surface area (Å²) in [6.45, 7) is 11.5. The Bertz CT molecular complexity index is 1520. The number of hydrogen-bond donors (Lipinski definition) is 2. The smallest absolute Gasteiger partial charge is 0.382 e. The van der Waals surface area contributed by atoms with Gasteiger partial charge in [0.2, 0.25) is 0 Å². The number of benzene rings is 4. The number of nitrogens with zero attached hydrogens (tertiary/aromatic N) is 3. The summed E-state index contributed by atoms with van der Waals surface area (Å²) in [6, 6.07) is 40.6. The molecule has 0 fully saturated rings. The van der Waals surface area contributed by atoms with E-state index in [1.165, 1.54) is 22.3 Å². The molecule has 0 amide bonds. The summed E-state index contributed by atoms with van der Waals surface area (Å²) in [7, 11) is -0.446.